The monoisotopic (exact) mass is 238 g/mol. The van der Waals surface area contributed by atoms with Gasteiger partial charge in [0, 0.05) is 0 Å². The van der Waals surface area contributed by atoms with E-state index in [9.17, 15) is 0 Å². The molecule has 0 saturated heterocycles. The fraction of sp³-hybridized carbons (Fsp3) is 0.571. The number of allylic oxidation sites excluding steroid dienone is 3. The molecule has 1 nitrogen and oxygen atoms in total. The minimum absolute atomic E-state index is 0.150. The van der Waals surface area contributed by atoms with Crippen molar-refractivity contribution in [2.75, 3.05) is 0 Å². The SMILES string of the molecule is C=CC[Si](C)(C)OC(/C(C)=C/C)/C(C)=C/C. The molecule has 16 heavy (non-hydrogen) atoms. The second kappa shape index (κ2) is 6.87. The minimum Gasteiger partial charge on any atom is -0.407 e. The summed E-state index contributed by atoms with van der Waals surface area (Å²) in [7, 11) is -1.62. The third-order valence-corrected chi connectivity index (χ3v) is 4.96. The first-order chi connectivity index (χ1) is 7.37. The lowest BCUT2D eigenvalue weighted by atomic mass is 10.0. The maximum Gasteiger partial charge on any atom is 0.191 e. The van der Waals surface area contributed by atoms with Crippen LogP contribution in [0, 0.1) is 0 Å². The largest absolute Gasteiger partial charge is 0.407 e. The average molecular weight is 238 g/mol. The lowest BCUT2D eigenvalue weighted by Gasteiger charge is -2.30. The van der Waals surface area contributed by atoms with E-state index in [1.165, 1.54) is 11.1 Å². The van der Waals surface area contributed by atoms with E-state index in [0.717, 1.165) is 6.04 Å². The van der Waals surface area contributed by atoms with Gasteiger partial charge < -0.3 is 4.43 Å². The van der Waals surface area contributed by atoms with Gasteiger partial charge in [-0.15, -0.1) is 6.58 Å². The van der Waals surface area contributed by atoms with Crippen LogP contribution >= 0.6 is 0 Å². The van der Waals surface area contributed by atoms with Gasteiger partial charge in [-0.1, -0.05) is 18.2 Å². The Morgan fingerprint density at radius 2 is 1.62 bits per heavy atom. The highest BCUT2D eigenvalue weighted by Crippen LogP contribution is 2.23. The maximum absolute atomic E-state index is 6.31. The van der Waals surface area contributed by atoms with Crippen molar-refractivity contribution in [1.29, 1.82) is 0 Å². The average Bonchev–Trinajstić information content (AvgIpc) is 2.23. The standard InChI is InChI=1S/C14H26OSi/c1-8-11-16(6,7)15-14(12(4)9-2)13(5)10-3/h8-10,14H,1,11H2,2-7H3/b12-9+,13-10+. The second-order valence-corrected chi connectivity index (χ2v) is 8.98. The van der Waals surface area contributed by atoms with Crippen molar-refractivity contribution < 1.29 is 4.43 Å². The molecule has 0 spiro atoms. The van der Waals surface area contributed by atoms with E-state index in [1.54, 1.807) is 0 Å². The van der Waals surface area contributed by atoms with Crippen molar-refractivity contribution in [1.82, 2.24) is 0 Å². The van der Waals surface area contributed by atoms with Crippen molar-refractivity contribution in [3.05, 3.63) is 36.0 Å². The number of hydrogen-bond donors (Lipinski definition) is 0. The van der Waals surface area contributed by atoms with Crippen LogP contribution in [0.15, 0.2) is 36.0 Å². The molecule has 0 rings (SSSR count). The van der Waals surface area contributed by atoms with Crippen molar-refractivity contribution in [2.24, 2.45) is 0 Å². The topological polar surface area (TPSA) is 9.23 Å². The molecule has 0 unspecified atom stereocenters. The molecule has 0 aromatic carbocycles. The molecule has 0 atom stereocenters. The lowest BCUT2D eigenvalue weighted by Crippen LogP contribution is -2.36. The molecular weight excluding hydrogens is 212 g/mol. The van der Waals surface area contributed by atoms with Gasteiger partial charge >= 0.3 is 0 Å². The zero-order valence-electron chi connectivity index (χ0n) is 11.6. The van der Waals surface area contributed by atoms with E-state index in [2.05, 4.69) is 59.5 Å². The Hall–Kier alpha value is -0.603. The summed E-state index contributed by atoms with van der Waals surface area (Å²) in [5.41, 5.74) is 2.58. The predicted molar refractivity (Wildman–Crippen MR) is 76.2 cm³/mol. The van der Waals surface area contributed by atoms with Crippen molar-refractivity contribution in [3.8, 4) is 0 Å². The molecular formula is C14H26OSi. The number of rotatable bonds is 6. The summed E-state index contributed by atoms with van der Waals surface area (Å²) in [5, 5.41) is 0. The van der Waals surface area contributed by atoms with Crippen molar-refractivity contribution in [3.63, 3.8) is 0 Å². The molecule has 0 aliphatic carbocycles. The van der Waals surface area contributed by atoms with E-state index in [-0.39, 0.29) is 6.10 Å². The molecule has 0 aliphatic heterocycles. The zero-order chi connectivity index (χ0) is 12.8. The van der Waals surface area contributed by atoms with Crippen molar-refractivity contribution >= 4 is 8.32 Å². The van der Waals surface area contributed by atoms with Gasteiger partial charge in [0.1, 0.15) is 0 Å². The van der Waals surface area contributed by atoms with E-state index < -0.39 is 8.32 Å². The molecule has 0 aromatic heterocycles. The van der Waals surface area contributed by atoms with E-state index >= 15 is 0 Å². The van der Waals surface area contributed by atoms with Gasteiger partial charge in [-0.05, 0) is 58.0 Å². The maximum atomic E-state index is 6.31. The van der Waals surface area contributed by atoms with Gasteiger partial charge in [0.2, 0.25) is 0 Å². The molecule has 92 valence electrons. The molecule has 0 radical (unpaired) electrons. The first kappa shape index (κ1) is 15.4. The van der Waals surface area contributed by atoms with Crippen LogP contribution < -0.4 is 0 Å². The van der Waals surface area contributed by atoms with Gasteiger partial charge in [0.25, 0.3) is 0 Å². The Morgan fingerprint density at radius 1 is 1.19 bits per heavy atom. The van der Waals surface area contributed by atoms with Crippen LogP contribution in [0.2, 0.25) is 19.1 Å². The van der Waals surface area contributed by atoms with E-state index in [1.807, 2.05) is 6.08 Å². The fourth-order valence-electron chi connectivity index (χ4n) is 1.56. The summed E-state index contributed by atoms with van der Waals surface area (Å²) in [6.45, 7) is 16.7. The van der Waals surface area contributed by atoms with Crippen LogP contribution in [-0.4, -0.2) is 14.4 Å². The summed E-state index contributed by atoms with van der Waals surface area (Å²) in [6.07, 6.45) is 6.39. The summed E-state index contributed by atoms with van der Waals surface area (Å²) >= 11 is 0. The van der Waals surface area contributed by atoms with Crippen LogP contribution in [0.25, 0.3) is 0 Å². The normalized spacial score (nSPS) is 14.4. The fourth-order valence-corrected chi connectivity index (χ4v) is 3.36. The lowest BCUT2D eigenvalue weighted by molar-refractivity contribution is 0.262. The van der Waals surface area contributed by atoms with Gasteiger partial charge in [0.15, 0.2) is 8.32 Å². The Bertz CT molecular complexity index is 269. The molecule has 0 amide bonds. The minimum atomic E-state index is -1.62. The summed E-state index contributed by atoms with van der Waals surface area (Å²) in [6, 6.07) is 0.998. The Kier molecular flexibility index (Phi) is 6.61. The second-order valence-electron chi connectivity index (χ2n) is 4.82. The quantitative estimate of drug-likeness (QED) is 0.481. The van der Waals surface area contributed by atoms with Crippen LogP contribution in [0.3, 0.4) is 0 Å². The van der Waals surface area contributed by atoms with Gasteiger partial charge in [-0.2, -0.15) is 0 Å². The predicted octanol–water partition coefficient (Wildman–Crippen LogP) is 4.70. The molecule has 0 N–H and O–H groups in total. The van der Waals surface area contributed by atoms with Crippen molar-refractivity contribution in [2.45, 2.75) is 52.9 Å². The van der Waals surface area contributed by atoms with Crippen LogP contribution in [-0.2, 0) is 4.43 Å². The van der Waals surface area contributed by atoms with E-state index in [4.69, 9.17) is 4.43 Å². The Morgan fingerprint density at radius 3 is 1.94 bits per heavy atom. The molecule has 0 aromatic rings. The highest BCUT2D eigenvalue weighted by molar-refractivity contribution is 6.71. The molecule has 0 heterocycles. The van der Waals surface area contributed by atoms with Crippen LogP contribution in [0.5, 0.6) is 0 Å². The highest BCUT2D eigenvalue weighted by Gasteiger charge is 2.26. The first-order valence-corrected chi connectivity index (χ1v) is 9.03. The van der Waals surface area contributed by atoms with Gasteiger partial charge in [0.05, 0.1) is 6.10 Å². The highest BCUT2D eigenvalue weighted by atomic mass is 28.4. The van der Waals surface area contributed by atoms with E-state index in [0.29, 0.717) is 0 Å². The number of hydrogen-bond acceptors (Lipinski definition) is 1. The zero-order valence-corrected chi connectivity index (χ0v) is 12.6. The summed E-state index contributed by atoms with van der Waals surface area (Å²) in [4.78, 5) is 0. The summed E-state index contributed by atoms with van der Waals surface area (Å²) < 4.78 is 6.31. The molecule has 0 bridgehead atoms. The Labute approximate surface area is 102 Å². The summed E-state index contributed by atoms with van der Waals surface area (Å²) in [5.74, 6) is 0. The third-order valence-electron chi connectivity index (χ3n) is 2.81. The molecule has 0 aliphatic rings. The van der Waals surface area contributed by atoms with Crippen LogP contribution in [0.4, 0.5) is 0 Å². The first-order valence-electron chi connectivity index (χ1n) is 5.92. The van der Waals surface area contributed by atoms with Gasteiger partial charge in [-0.3, -0.25) is 0 Å². The smallest absolute Gasteiger partial charge is 0.191 e. The van der Waals surface area contributed by atoms with Crippen LogP contribution in [0.1, 0.15) is 27.7 Å². The molecule has 0 fully saturated rings. The van der Waals surface area contributed by atoms with Gasteiger partial charge in [-0.25, -0.2) is 0 Å². The molecule has 2 heteroatoms. The molecule has 0 saturated carbocycles. The Balaban J connectivity index is 4.88. The third kappa shape index (κ3) is 4.95.